The first-order chi connectivity index (χ1) is 32.4. The molecule has 2 nitrogen and oxygen atoms in total. The minimum atomic E-state index is 0.134. The molecule has 0 aliphatic rings. The van der Waals surface area contributed by atoms with E-state index in [9.17, 15) is 0 Å². The van der Waals surface area contributed by atoms with Gasteiger partial charge in [0, 0.05) is 42.4 Å². The molecule has 0 bridgehead atoms. The van der Waals surface area contributed by atoms with Gasteiger partial charge in [0.05, 0.1) is 28.1 Å². The van der Waals surface area contributed by atoms with E-state index in [1.807, 2.05) is 11.3 Å². The summed E-state index contributed by atoms with van der Waals surface area (Å²) < 4.78 is 5.13. The summed E-state index contributed by atoms with van der Waals surface area (Å²) in [6.07, 6.45) is 1.81. The Kier molecular flexibility index (Phi) is 9.91. The number of benzene rings is 10. The first-order valence-corrected chi connectivity index (χ1v) is 24.3. The lowest BCUT2D eigenvalue weighted by molar-refractivity contribution is 0.558. The van der Waals surface area contributed by atoms with Gasteiger partial charge in [0.15, 0.2) is 0 Å². The first-order valence-electron chi connectivity index (χ1n) is 23.5. The molecular formula is C63H50N2S. The Morgan fingerprint density at radius 1 is 0.500 bits per heavy atom. The van der Waals surface area contributed by atoms with Crippen LogP contribution in [0.3, 0.4) is 0 Å². The van der Waals surface area contributed by atoms with Crippen molar-refractivity contribution in [2.45, 2.75) is 46.5 Å². The van der Waals surface area contributed by atoms with Crippen molar-refractivity contribution in [3.05, 3.63) is 216 Å². The standard InChI is InChI=1S/C63H50N2S/c1-5-39(3)62(64-63(50-30-28-42-18-8-10-20-45(42)32-50)51(6-2)40(4)43-29-27-41-17-7-9-19-44(41)31-43)56-38-61-55(52-25-15-16-26-60(52)66-61)37-59(56)65-57-35-48-23-13-11-21-46(48)33-53(57)54-34-47-22-12-14-24-49(47)36-58(54)65/h7-38,40,51H,5-6H2,1-4H3/b62-39-,64-63?. The second kappa shape index (κ2) is 16.3. The van der Waals surface area contributed by atoms with Crippen molar-refractivity contribution in [3.8, 4) is 5.69 Å². The molecule has 2 atom stereocenters. The maximum Gasteiger partial charge on any atom is 0.0716 e. The summed E-state index contributed by atoms with van der Waals surface area (Å²) in [5, 5.41) is 15.0. The Labute approximate surface area is 389 Å². The Morgan fingerprint density at radius 3 is 1.64 bits per heavy atom. The van der Waals surface area contributed by atoms with Crippen LogP contribution in [0.25, 0.3) is 96.5 Å². The number of hydrogen-bond donors (Lipinski definition) is 0. The molecule has 10 aromatic carbocycles. The van der Waals surface area contributed by atoms with Crippen LogP contribution < -0.4 is 0 Å². The molecule has 0 amide bonds. The molecule has 3 heteroatoms. The summed E-state index contributed by atoms with van der Waals surface area (Å²) >= 11 is 1.88. The van der Waals surface area contributed by atoms with Gasteiger partial charge in [-0.05, 0) is 134 Å². The van der Waals surface area contributed by atoms with Gasteiger partial charge in [-0.3, -0.25) is 4.99 Å². The van der Waals surface area contributed by atoms with Crippen LogP contribution >= 0.6 is 11.3 Å². The fourth-order valence-corrected chi connectivity index (χ4v) is 11.8. The molecule has 0 saturated heterocycles. The van der Waals surface area contributed by atoms with Gasteiger partial charge in [-0.25, -0.2) is 0 Å². The lowest BCUT2D eigenvalue weighted by Gasteiger charge is -2.27. The second-order valence-electron chi connectivity index (χ2n) is 18.2. The zero-order chi connectivity index (χ0) is 44.5. The van der Waals surface area contributed by atoms with E-state index < -0.39 is 0 Å². The number of rotatable bonds is 9. The molecule has 12 aromatic rings. The molecule has 0 saturated carbocycles. The van der Waals surface area contributed by atoms with Crippen LogP contribution in [0.4, 0.5) is 0 Å². The van der Waals surface area contributed by atoms with Crippen molar-refractivity contribution in [2.24, 2.45) is 10.9 Å². The highest BCUT2D eigenvalue weighted by Crippen LogP contribution is 2.45. The number of allylic oxidation sites excluding steroid dienone is 1. The van der Waals surface area contributed by atoms with E-state index in [0.29, 0.717) is 0 Å². The van der Waals surface area contributed by atoms with E-state index in [2.05, 4.69) is 226 Å². The van der Waals surface area contributed by atoms with Gasteiger partial charge >= 0.3 is 0 Å². The van der Waals surface area contributed by atoms with E-state index in [-0.39, 0.29) is 11.8 Å². The second-order valence-corrected chi connectivity index (χ2v) is 19.3. The molecule has 0 spiro atoms. The molecule has 66 heavy (non-hydrogen) atoms. The fraction of sp³-hybridized carbons (Fsp3) is 0.127. The largest absolute Gasteiger partial charge is 0.308 e. The summed E-state index contributed by atoms with van der Waals surface area (Å²) in [6, 6.07) is 72.5. The summed E-state index contributed by atoms with van der Waals surface area (Å²) in [6.45, 7) is 9.34. The van der Waals surface area contributed by atoms with Crippen LogP contribution in [-0.4, -0.2) is 10.3 Å². The zero-order valence-corrected chi connectivity index (χ0v) is 38.7. The minimum Gasteiger partial charge on any atom is -0.308 e. The Bertz CT molecular complexity index is 3860. The SMILES string of the molecule is CC/C(C)=C(\N=C(c1ccc2ccccc2c1)C(CC)C(C)c1ccc2ccccc2c1)c1cc2sc3ccccc3c2cc1-n1c2cc3ccccc3cc2c2cc3ccccc3cc21. The molecule has 2 unspecified atom stereocenters. The average molecular weight is 867 g/mol. The average Bonchev–Trinajstić information content (AvgIpc) is 3.88. The third-order valence-electron chi connectivity index (χ3n) is 14.4. The van der Waals surface area contributed by atoms with Gasteiger partial charge in [0.25, 0.3) is 0 Å². The third-order valence-corrected chi connectivity index (χ3v) is 15.5. The molecule has 0 aliphatic carbocycles. The van der Waals surface area contributed by atoms with Crippen LogP contribution in [0.15, 0.2) is 205 Å². The maximum atomic E-state index is 6.15. The Morgan fingerprint density at radius 2 is 1.03 bits per heavy atom. The van der Waals surface area contributed by atoms with Gasteiger partial charge < -0.3 is 4.57 Å². The highest BCUT2D eigenvalue weighted by atomic mass is 32.1. The Hall–Kier alpha value is -7.33. The van der Waals surface area contributed by atoms with E-state index in [0.717, 1.165) is 35.5 Å². The van der Waals surface area contributed by atoms with E-state index in [4.69, 9.17) is 4.99 Å². The molecule has 318 valence electrons. The van der Waals surface area contributed by atoms with Gasteiger partial charge in [-0.1, -0.05) is 166 Å². The normalized spacial score (nSPS) is 13.8. The molecular weight excluding hydrogens is 817 g/mol. The number of nitrogens with zero attached hydrogens (tertiary/aromatic N) is 2. The predicted octanol–water partition coefficient (Wildman–Crippen LogP) is 18.2. The van der Waals surface area contributed by atoms with Crippen LogP contribution in [0.1, 0.15) is 63.1 Å². The number of thiophene rings is 1. The molecule has 2 heterocycles. The molecule has 2 aromatic heterocycles. The molecule has 0 N–H and O–H groups in total. The van der Waals surface area contributed by atoms with E-state index in [1.54, 1.807) is 0 Å². The number of hydrogen-bond acceptors (Lipinski definition) is 2. The first kappa shape index (κ1) is 40.2. The van der Waals surface area contributed by atoms with Crippen LogP contribution in [-0.2, 0) is 0 Å². The highest BCUT2D eigenvalue weighted by Gasteiger charge is 2.27. The van der Waals surface area contributed by atoms with Crippen molar-refractivity contribution < 1.29 is 0 Å². The highest BCUT2D eigenvalue weighted by molar-refractivity contribution is 7.25. The van der Waals surface area contributed by atoms with Crippen LogP contribution in [0.5, 0.6) is 0 Å². The van der Waals surface area contributed by atoms with Gasteiger partial charge in [0.2, 0.25) is 0 Å². The Balaban J connectivity index is 1.18. The van der Waals surface area contributed by atoms with Gasteiger partial charge in [-0.2, -0.15) is 0 Å². The maximum absolute atomic E-state index is 6.15. The van der Waals surface area contributed by atoms with Crippen molar-refractivity contribution in [1.82, 2.24) is 4.57 Å². The molecule has 0 fully saturated rings. The summed E-state index contributed by atoms with van der Waals surface area (Å²) in [5.74, 6) is 0.339. The monoisotopic (exact) mass is 866 g/mol. The number of aliphatic imine (C=N–C) groups is 1. The van der Waals surface area contributed by atoms with E-state index in [1.165, 1.54) is 102 Å². The van der Waals surface area contributed by atoms with Crippen LogP contribution in [0.2, 0.25) is 0 Å². The lowest BCUT2D eigenvalue weighted by atomic mass is 9.79. The molecule has 0 aliphatic heterocycles. The summed E-state index contributed by atoms with van der Waals surface area (Å²) in [7, 11) is 0. The quantitative estimate of drug-likeness (QED) is 0.129. The smallest absolute Gasteiger partial charge is 0.0716 e. The molecule has 0 radical (unpaired) electrons. The zero-order valence-electron chi connectivity index (χ0n) is 37.8. The van der Waals surface area contributed by atoms with Crippen molar-refractivity contribution in [2.75, 3.05) is 0 Å². The van der Waals surface area contributed by atoms with Gasteiger partial charge in [-0.15, -0.1) is 11.3 Å². The van der Waals surface area contributed by atoms with Crippen molar-refractivity contribution in [3.63, 3.8) is 0 Å². The number of fused-ring (bicyclic) bond motifs is 10. The van der Waals surface area contributed by atoms with Crippen LogP contribution in [0, 0.1) is 5.92 Å². The topological polar surface area (TPSA) is 17.3 Å². The summed E-state index contributed by atoms with van der Waals surface area (Å²) in [4.78, 5) is 6.15. The van der Waals surface area contributed by atoms with Crippen molar-refractivity contribution in [1.29, 1.82) is 0 Å². The predicted molar refractivity (Wildman–Crippen MR) is 288 cm³/mol. The van der Waals surface area contributed by atoms with Gasteiger partial charge in [0.1, 0.15) is 0 Å². The third kappa shape index (κ3) is 6.72. The minimum absolute atomic E-state index is 0.134. The molecule has 12 rings (SSSR count). The summed E-state index contributed by atoms with van der Waals surface area (Å²) in [5.41, 5.74) is 10.7. The number of aromatic nitrogens is 1. The van der Waals surface area contributed by atoms with Crippen molar-refractivity contribution >= 4 is 108 Å². The fourth-order valence-electron chi connectivity index (χ4n) is 10.7. The van der Waals surface area contributed by atoms with E-state index >= 15 is 0 Å². The lowest BCUT2D eigenvalue weighted by Crippen LogP contribution is -2.22.